The summed E-state index contributed by atoms with van der Waals surface area (Å²) in [5.74, 6) is -0.716. The number of carbonyl (C=O) groups is 2. The molecule has 6 heteroatoms. The quantitative estimate of drug-likeness (QED) is 0.334. The van der Waals surface area contributed by atoms with Crippen LogP contribution < -0.4 is 0 Å². The van der Waals surface area contributed by atoms with Crippen LogP contribution in [0, 0.1) is 0 Å². The van der Waals surface area contributed by atoms with Gasteiger partial charge >= 0.3 is 5.97 Å². The van der Waals surface area contributed by atoms with Gasteiger partial charge in [-0.15, -0.1) is 0 Å². The van der Waals surface area contributed by atoms with Crippen LogP contribution in [0.1, 0.15) is 31.4 Å². The lowest BCUT2D eigenvalue weighted by molar-refractivity contribution is -0.146. The molecule has 4 nitrogen and oxygen atoms in total. The number of ketones is 1. The summed E-state index contributed by atoms with van der Waals surface area (Å²) in [5, 5.41) is 3.35. The van der Waals surface area contributed by atoms with E-state index in [1.807, 2.05) is 35.7 Å². The molecule has 0 aliphatic carbocycles. The van der Waals surface area contributed by atoms with E-state index in [2.05, 4.69) is 0 Å². The van der Waals surface area contributed by atoms with Crippen LogP contribution in [-0.4, -0.2) is 26.8 Å². The van der Waals surface area contributed by atoms with Crippen LogP contribution in [0.4, 0.5) is 0 Å². The Kier molecular flexibility index (Phi) is 7.71. The van der Waals surface area contributed by atoms with E-state index >= 15 is 0 Å². The maximum atomic E-state index is 11.3. The second-order valence-corrected chi connectivity index (χ2v) is 5.89. The van der Waals surface area contributed by atoms with Gasteiger partial charge in [-0.05, 0) is 36.5 Å². The fraction of sp³-hybridized carbons (Fsp3) is 0.267. The fourth-order valence-corrected chi connectivity index (χ4v) is 2.32. The van der Waals surface area contributed by atoms with Crippen molar-refractivity contribution in [1.29, 1.82) is 0 Å². The second-order valence-electron chi connectivity index (χ2n) is 4.26. The fourth-order valence-electron chi connectivity index (χ4n) is 1.43. The highest BCUT2D eigenvalue weighted by atomic mass is 32.2. The van der Waals surface area contributed by atoms with Gasteiger partial charge in [-0.3, -0.25) is 9.59 Å². The van der Waals surface area contributed by atoms with Crippen molar-refractivity contribution >= 4 is 46.2 Å². The van der Waals surface area contributed by atoms with Gasteiger partial charge in [-0.25, -0.2) is 4.21 Å². The number of ether oxygens (including phenoxy) is 1. The van der Waals surface area contributed by atoms with Gasteiger partial charge < -0.3 is 4.74 Å². The van der Waals surface area contributed by atoms with E-state index < -0.39 is 5.97 Å². The molecule has 0 radical (unpaired) electrons. The van der Waals surface area contributed by atoms with Crippen LogP contribution in [0.2, 0.25) is 0 Å². The third-order valence-electron chi connectivity index (χ3n) is 2.34. The van der Waals surface area contributed by atoms with Gasteiger partial charge in [0, 0.05) is 5.37 Å². The molecule has 0 N–H and O–H groups in total. The first-order chi connectivity index (χ1) is 10.0. The number of esters is 1. The lowest BCUT2D eigenvalue weighted by Gasteiger charge is -2.09. The number of hydrogen-bond acceptors (Lipinski definition) is 5. The van der Waals surface area contributed by atoms with Crippen LogP contribution in [0.5, 0.6) is 0 Å². The lowest BCUT2D eigenvalue weighted by Crippen LogP contribution is -2.13. The molecule has 0 saturated carbocycles. The highest BCUT2D eigenvalue weighted by Gasteiger charge is 2.10. The Morgan fingerprint density at radius 3 is 2.43 bits per heavy atom. The first-order valence-corrected chi connectivity index (χ1v) is 7.99. The molecule has 0 aliphatic rings. The Bertz CT molecular complexity index is 572. The first-order valence-electron chi connectivity index (χ1n) is 6.24. The number of benzene rings is 1. The SMILES string of the molecule is CC(=O)CC(=O)OC(C)S/C=C/c1ccc(C=S=O)cc1. The molecule has 0 fully saturated rings. The molecule has 112 valence electrons. The second kappa shape index (κ2) is 9.31. The molecule has 1 rings (SSSR count). The van der Waals surface area contributed by atoms with Crippen molar-refractivity contribution in [3.63, 3.8) is 0 Å². The predicted octanol–water partition coefficient (Wildman–Crippen LogP) is 2.62. The third-order valence-corrected chi connectivity index (χ3v) is 3.48. The van der Waals surface area contributed by atoms with Crippen LogP contribution in [-0.2, 0) is 25.6 Å². The monoisotopic (exact) mass is 324 g/mol. The summed E-state index contributed by atoms with van der Waals surface area (Å²) in [6.45, 7) is 3.10. The smallest absolute Gasteiger partial charge is 0.314 e. The highest BCUT2D eigenvalue weighted by molar-refractivity contribution is 8.02. The van der Waals surface area contributed by atoms with E-state index in [9.17, 15) is 13.8 Å². The van der Waals surface area contributed by atoms with Gasteiger partial charge in [0.15, 0.2) is 0 Å². The largest absolute Gasteiger partial charge is 0.451 e. The minimum absolute atomic E-state index is 0.190. The standard InChI is InChI=1S/C15H16O4S2/c1-11(16)9-15(17)19-12(2)20-8-7-13-3-5-14(6-4-13)10-21-18/h3-8,10,12H,9H2,1-2H3/b8-7+. The molecule has 0 spiro atoms. The minimum Gasteiger partial charge on any atom is -0.451 e. The van der Waals surface area contributed by atoms with E-state index in [4.69, 9.17) is 4.74 Å². The molecule has 21 heavy (non-hydrogen) atoms. The van der Waals surface area contributed by atoms with Crippen LogP contribution in [0.25, 0.3) is 6.08 Å². The molecule has 0 bridgehead atoms. The predicted molar refractivity (Wildman–Crippen MR) is 87.2 cm³/mol. The first kappa shape index (κ1) is 17.4. The molecule has 0 aromatic heterocycles. The maximum Gasteiger partial charge on any atom is 0.314 e. The minimum atomic E-state index is -0.508. The van der Waals surface area contributed by atoms with Crippen molar-refractivity contribution < 1.29 is 18.5 Å². The Morgan fingerprint density at radius 1 is 1.24 bits per heavy atom. The van der Waals surface area contributed by atoms with Gasteiger partial charge in [-0.2, -0.15) is 0 Å². The van der Waals surface area contributed by atoms with E-state index in [1.54, 1.807) is 6.92 Å². The average Bonchev–Trinajstić information content (AvgIpc) is 2.40. The molecular weight excluding hydrogens is 308 g/mol. The van der Waals surface area contributed by atoms with Crippen molar-refractivity contribution in [3.05, 3.63) is 40.8 Å². The Labute approximate surface area is 131 Å². The number of thioether (sulfide) groups is 1. The van der Waals surface area contributed by atoms with Gasteiger partial charge in [0.2, 0.25) is 0 Å². The van der Waals surface area contributed by atoms with E-state index in [0.29, 0.717) is 11.3 Å². The molecule has 1 aromatic rings. The van der Waals surface area contributed by atoms with E-state index in [0.717, 1.165) is 11.1 Å². The summed E-state index contributed by atoms with van der Waals surface area (Å²) >= 11 is 1.77. The third kappa shape index (κ3) is 7.63. The number of rotatable bonds is 7. The molecule has 1 atom stereocenters. The number of Topliss-reactive ketones (excluding diaryl/α,β-unsaturated/α-hetero) is 1. The van der Waals surface area contributed by atoms with Crippen LogP contribution >= 0.6 is 11.8 Å². The summed E-state index contributed by atoms with van der Waals surface area (Å²) in [4.78, 5) is 22.0. The molecule has 0 amide bonds. The zero-order valence-electron chi connectivity index (χ0n) is 11.8. The van der Waals surface area contributed by atoms with Crippen molar-refractivity contribution in [2.45, 2.75) is 25.7 Å². The Balaban J connectivity index is 2.44. The van der Waals surface area contributed by atoms with E-state index in [1.165, 1.54) is 24.1 Å². The van der Waals surface area contributed by atoms with Crippen molar-refractivity contribution in [1.82, 2.24) is 0 Å². The summed E-state index contributed by atoms with van der Waals surface area (Å²) < 4.78 is 15.4. The normalized spacial score (nSPS) is 11.9. The molecular formula is C15H16O4S2. The summed E-state index contributed by atoms with van der Waals surface area (Å²) in [6, 6.07) is 7.49. The van der Waals surface area contributed by atoms with Crippen molar-refractivity contribution in [2.24, 2.45) is 0 Å². The average molecular weight is 324 g/mol. The lowest BCUT2D eigenvalue weighted by atomic mass is 10.1. The van der Waals surface area contributed by atoms with Crippen molar-refractivity contribution in [3.8, 4) is 0 Å². The van der Waals surface area contributed by atoms with Crippen LogP contribution in [0.15, 0.2) is 29.7 Å². The van der Waals surface area contributed by atoms with Crippen LogP contribution in [0.3, 0.4) is 0 Å². The molecule has 0 saturated heterocycles. The highest BCUT2D eigenvalue weighted by Crippen LogP contribution is 2.16. The van der Waals surface area contributed by atoms with Crippen molar-refractivity contribution in [2.75, 3.05) is 0 Å². The van der Waals surface area contributed by atoms with Gasteiger partial charge in [0.05, 0.1) is 11.3 Å². The zero-order valence-corrected chi connectivity index (χ0v) is 13.4. The van der Waals surface area contributed by atoms with Gasteiger partial charge in [0.1, 0.15) is 17.6 Å². The number of carbonyl (C=O) groups excluding carboxylic acids is 2. The van der Waals surface area contributed by atoms with Gasteiger partial charge in [-0.1, -0.05) is 36.0 Å². The molecule has 1 aromatic carbocycles. The Hall–Kier alpha value is -1.66. The summed E-state index contributed by atoms with van der Waals surface area (Å²) in [7, 11) is 0. The van der Waals surface area contributed by atoms with Gasteiger partial charge in [0.25, 0.3) is 0 Å². The Morgan fingerprint density at radius 2 is 1.86 bits per heavy atom. The molecule has 0 heterocycles. The number of hydrogen-bond donors (Lipinski definition) is 0. The van der Waals surface area contributed by atoms with E-state index in [-0.39, 0.29) is 17.6 Å². The zero-order chi connectivity index (χ0) is 15.7. The topological polar surface area (TPSA) is 60.4 Å². The summed E-state index contributed by atoms with van der Waals surface area (Å²) in [6.07, 6.45) is 1.69. The summed E-state index contributed by atoms with van der Waals surface area (Å²) in [5.41, 5.74) is 1.50. The maximum absolute atomic E-state index is 11.3. The molecule has 1 unspecified atom stereocenters. The molecule has 0 aliphatic heterocycles.